The Morgan fingerprint density at radius 1 is 1.08 bits per heavy atom. The minimum Gasteiger partial charge on any atom is -0.341 e. The van der Waals surface area contributed by atoms with E-state index in [1.54, 1.807) is 24.3 Å². The van der Waals surface area contributed by atoms with Crippen LogP contribution in [0.5, 0.6) is 0 Å². The SMILES string of the molecule is CC(=O)Nc1ccc(S(=O)(=O)N2CCN(CC3=NS(=O)(=O)c4cc(-c5cccs5)ccc4N3)CC2)cc1. The summed E-state index contributed by atoms with van der Waals surface area (Å²) in [6, 6.07) is 15.2. The van der Waals surface area contributed by atoms with Gasteiger partial charge in [0.2, 0.25) is 15.9 Å². The standard InChI is InChI=1S/C24H25N5O5S3/c1-17(30)25-19-5-7-20(8-6-19)37(33,34)29-12-10-28(11-13-29)16-24-26-21-9-4-18(22-3-2-14-35-22)15-23(21)36(31,32)27-24/h2-9,14-15H,10-13,16H2,1H3,(H,25,30)(H,26,27). The van der Waals surface area contributed by atoms with Crippen LogP contribution in [0, 0.1) is 0 Å². The zero-order valence-corrected chi connectivity index (χ0v) is 22.4. The highest BCUT2D eigenvalue weighted by atomic mass is 32.2. The summed E-state index contributed by atoms with van der Waals surface area (Å²) in [5.74, 6) is 0.0736. The first-order valence-electron chi connectivity index (χ1n) is 11.5. The first kappa shape index (κ1) is 25.5. The molecule has 2 aliphatic rings. The largest absolute Gasteiger partial charge is 0.341 e. The molecule has 0 atom stereocenters. The van der Waals surface area contributed by atoms with Crippen LogP contribution in [0.3, 0.4) is 0 Å². The monoisotopic (exact) mass is 559 g/mol. The van der Waals surface area contributed by atoms with E-state index in [0.717, 1.165) is 10.4 Å². The smallest absolute Gasteiger partial charge is 0.286 e. The van der Waals surface area contributed by atoms with Crippen molar-refractivity contribution in [2.75, 3.05) is 43.4 Å². The summed E-state index contributed by atoms with van der Waals surface area (Å²) in [5, 5.41) is 7.68. The molecule has 3 aromatic rings. The molecule has 3 heterocycles. The Morgan fingerprint density at radius 2 is 1.81 bits per heavy atom. The van der Waals surface area contributed by atoms with Gasteiger partial charge >= 0.3 is 0 Å². The average Bonchev–Trinajstić information content (AvgIpc) is 3.39. The van der Waals surface area contributed by atoms with Crippen LogP contribution in [0.2, 0.25) is 0 Å². The third-order valence-electron chi connectivity index (χ3n) is 6.09. The molecule has 0 radical (unpaired) electrons. The van der Waals surface area contributed by atoms with Crippen LogP contribution >= 0.6 is 11.3 Å². The lowest BCUT2D eigenvalue weighted by Gasteiger charge is -2.34. The van der Waals surface area contributed by atoms with Crippen LogP contribution in [0.25, 0.3) is 10.4 Å². The van der Waals surface area contributed by atoms with Crippen molar-refractivity contribution >= 4 is 54.5 Å². The van der Waals surface area contributed by atoms with E-state index in [4.69, 9.17) is 0 Å². The quantitative estimate of drug-likeness (QED) is 0.475. The lowest BCUT2D eigenvalue weighted by molar-refractivity contribution is -0.114. The zero-order chi connectivity index (χ0) is 26.2. The van der Waals surface area contributed by atoms with Gasteiger partial charge in [0.1, 0.15) is 10.7 Å². The molecule has 2 N–H and O–H groups in total. The number of anilines is 2. The molecule has 10 nitrogen and oxygen atoms in total. The molecule has 1 saturated heterocycles. The maximum Gasteiger partial charge on any atom is 0.286 e. The Labute approximate surface area is 219 Å². The molecular formula is C24H25N5O5S3. The molecule has 2 aliphatic heterocycles. The number of fused-ring (bicyclic) bond motifs is 1. The van der Waals surface area contributed by atoms with E-state index in [0.29, 0.717) is 30.3 Å². The summed E-state index contributed by atoms with van der Waals surface area (Å²) in [5.41, 5.74) is 1.82. The van der Waals surface area contributed by atoms with Crippen molar-refractivity contribution in [1.29, 1.82) is 0 Å². The summed E-state index contributed by atoms with van der Waals surface area (Å²) < 4.78 is 57.4. The molecule has 37 heavy (non-hydrogen) atoms. The van der Waals surface area contributed by atoms with E-state index < -0.39 is 20.0 Å². The Kier molecular flexibility index (Phi) is 6.89. The summed E-state index contributed by atoms with van der Waals surface area (Å²) >= 11 is 1.53. The second-order valence-electron chi connectivity index (χ2n) is 8.71. The minimum absolute atomic E-state index is 0.141. The molecule has 1 amide bonds. The molecule has 0 saturated carbocycles. The summed E-state index contributed by atoms with van der Waals surface area (Å²) in [6.07, 6.45) is 0. The van der Waals surface area contributed by atoms with E-state index >= 15 is 0 Å². The number of amides is 1. The van der Waals surface area contributed by atoms with Crippen LogP contribution < -0.4 is 10.6 Å². The number of amidine groups is 1. The zero-order valence-electron chi connectivity index (χ0n) is 19.9. The molecular weight excluding hydrogens is 534 g/mol. The Hall–Kier alpha value is -3.10. The highest BCUT2D eigenvalue weighted by Gasteiger charge is 2.31. The number of piperazine rings is 1. The topological polar surface area (TPSA) is 128 Å². The van der Waals surface area contributed by atoms with Gasteiger partial charge < -0.3 is 10.6 Å². The summed E-state index contributed by atoms with van der Waals surface area (Å²) in [6.45, 7) is 3.01. The predicted molar refractivity (Wildman–Crippen MR) is 144 cm³/mol. The van der Waals surface area contributed by atoms with Gasteiger partial charge in [-0.05, 0) is 53.4 Å². The number of hydrogen-bond acceptors (Lipinski definition) is 8. The third-order valence-corrected chi connectivity index (χ3v) is 10.3. The molecule has 0 spiro atoms. The molecule has 2 aromatic carbocycles. The number of sulfonamides is 2. The Morgan fingerprint density at radius 3 is 2.46 bits per heavy atom. The fourth-order valence-electron chi connectivity index (χ4n) is 4.28. The highest BCUT2D eigenvalue weighted by Crippen LogP contribution is 2.34. The Bertz CT molecular complexity index is 1560. The highest BCUT2D eigenvalue weighted by molar-refractivity contribution is 7.90. The van der Waals surface area contributed by atoms with Gasteiger partial charge in [-0.15, -0.1) is 15.7 Å². The number of nitrogens with one attached hydrogen (secondary N) is 2. The van der Waals surface area contributed by atoms with Gasteiger partial charge in [0.05, 0.1) is 17.1 Å². The number of hydrogen-bond donors (Lipinski definition) is 2. The Balaban J connectivity index is 1.23. The molecule has 1 fully saturated rings. The second-order valence-corrected chi connectivity index (χ2v) is 13.2. The maximum absolute atomic E-state index is 13.1. The third kappa shape index (κ3) is 5.45. The van der Waals surface area contributed by atoms with E-state index in [9.17, 15) is 21.6 Å². The number of benzene rings is 2. The van der Waals surface area contributed by atoms with Crippen LogP contribution in [0.15, 0.2) is 74.2 Å². The number of carbonyl (C=O) groups excluding carboxylic acids is 1. The van der Waals surface area contributed by atoms with Crippen LogP contribution in [0.4, 0.5) is 11.4 Å². The van der Waals surface area contributed by atoms with E-state index in [1.807, 2.05) is 28.5 Å². The van der Waals surface area contributed by atoms with Crippen molar-refractivity contribution in [3.63, 3.8) is 0 Å². The summed E-state index contributed by atoms with van der Waals surface area (Å²) in [4.78, 5) is 14.4. The fourth-order valence-corrected chi connectivity index (χ4v) is 7.59. The van der Waals surface area contributed by atoms with Crippen molar-refractivity contribution in [3.05, 3.63) is 60.0 Å². The van der Waals surface area contributed by atoms with Gasteiger partial charge in [-0.2, -0.15) is 12.7 Å². The molecule has 0 aliphatic carbocycles. The molecule has 13 heteroatoms. The predicted octanol–water partition coefficient (Wildman–Crippen LogP) is 2.89. The fraction of sp³-hybridized carbons (Fsp3) is 0.250. The molecule has 1 aromatic heterocycles. The van der Waals surface area contributed by atoms with Gasteiger partial charge in [0.15, 0.2) is 0 Å². The van der Waals surface area contributed by atoms with E-state index in [-0.39, 0.29) is 35.3 Å². The van der Waals surface area contributed by atoms with Gasteiger partial charge in [-0.1, -0.05) is 12.1 Å². The van der Waals surface area contributed by atoms with Crippen molar-refractivity contribution in [1.82, 2.24) is 9.21 Å². The van der Waals surface area contributed by atoms with Crippen LogP contribution in [-0.4, -0.2) is 70.5 Å². The molecule has 5 rings (SSSR count). The van der Waals surface area contributed by atoms with Crippen molar-refractivity contribution in [2.24, 2.45) is 4.40 Å². The van der Waals surface area contributed by atoms with Crippen LogP contribution in [-0.2, 0) is 24.8 Å². The van der Waals surface area contributed by atoms with Gasteiger partial charge in [-0.3, -0.25) is 9.69 Å². The maximum atomic E-state index is 13.1. The van der Waals surface area contributed by atoms with Crippen molar-refractivity contribution in [2.45, 2.75) is 16.7 Å². The first-order chi connectivity index (χ1) is 17.6. The van der Waals surface area contributed by atoms with Crippen LogP contribution in [0.1, 0.15) is 6.92 Å². The van der Waals surface area contributed by atoms with Gasteiger partial charge in [-0.25, -0.2) is 8.42 Å². The van der Waals surface area contributed by atoms with Gasteiger partial charge in [0.25, 0.3) is 10.0 Å². The molecule has 0 bridgehead atoms. The van der Waals surface area contributed by atoms with E-state index in [2.05, 4.69) is 15.0 Å². The van der Waals surface area contributed by atoms with Crippen molar-refractivity contribution < 1.29 is 21.6 Å². The molecule has 194 valence electrons. The minimum atomic E-state index is -3.87. The number of nitrogens with zero attached hydrogens (tertiary/aromatic N) is 3. The lowest BCUT2D eigenvalue weighted by atomic mass is 10.1. The van der Waals surface area contributed by atoms with Crippen molar-refractivity contribution in [3.8, 4) is 10.4 Å². The average molecular weight is 560 g/mol. The number of thiophene rings is 1. The number of carbonyl (C=O) groups is 1. The number of rotatable bonds is 6. The summed E-state index contributed by atoms with van der Waals surface area (Å²) in [7, 11) is -7.56. The normalized spacial score (nSPS) is 17.9. The van der Waals surface area contributed by atoms with E-state index in [1.165, 1.54) is 34.7 Å². The second kappa shape index (κ2) is 9.99. The first-order valence-corrected chi connectivity index (χ1v) is 15.3. The lowest BCUT2D eigenvalue weighted by Crippen LogP contribution is -2.50. The molecule has 0 unspecified atom stereocenters. The van der Waals surface area contributed by atoms with Gasteiger partial charge in [0, 0.05) is 43.7 Å².